The van der Waals surface area contributed by atoms with Crippen LogP contribution in [0.2, 0.25) is 0 Å². The molecule has 0 bridgehead atoms. The highest BCUT2D eigenvalue weighted by atomic mass is 79.9. The lowest BCUT2D eigenvalue weighted by molar-refractivity contribution is -0.154. The van der Waals surface area contributed by atoms with E-state index in [0.717, 1.165) is 19.3 Å². The zero-order chi connectivity index (χ0) is 17.6. The van der Waals surface area contributed by atoms with Gasteiger partial charge in [0.2, 0.25) is 0 Å². The lowest BCUT2D eigenvalue weighted by atomic mass is 9.87. The van der Waals surface area contributed by atoms with Gasteiger partial charge in [0.1, 0.15) is 4.32 Å². The van der Waals surface area contributed by atoms with E-state index in [1.165, 1.54) is 12.7 Å². The van der Waals surface area contributed by atoms with E-state index in [4.69, 9.17) is 14.2 Å². The molecule has 1 aliphatic heterocycles. The molecule has 1 heterocycles. The third kappa shape index (κ3) is 5.04. The van der Waals surface area contributed by atoms with E-state index < -0.39 is 4.32 Å². The molecule has 0 saturated carbocycles. The molecule has 0 radical (unpaired) electrons. The predicted octanol–water partition coefficient (Wildman–Crippen LogP) is 4.10. The molecule has 1 aliphatic rings. The second kappa shape index (κ2) is 8.97. The Morgan fingerprint density at radius 3 is 2.71 bits per heavy atom. The molecule has 1 saturated heterocycles. The number of hydrogen-bond acceptors (Lipinski definition) is 4. The molecule has 0 amide bonds. The maximum absolute atomic E-state index is 12.0. The summed E-state index contributed by atoms with van der Waals surface area (Å²) in [6.45, 7) is 5.28. The highest BCUT2D eigenvalue weighted by molar-refractivity contribution is 9.10. The zero-order valence-corrected chi connectivity index (χ0v) is 16.3. The van der Waals surface area contributed by atoms with E-state index in [9.17, 15) is 4.79 Å². The maximum Gasteiger partial charge on any atom is 0.325 e. The van der Waals surface area contributed by atoms with Crippen molar-refractivity contribution in [3.63, 3.8) is 0 Å². The van der Waals surface area contributed by atoms with Crippen molar-refractivity contribution >= 4 is 21.9 Å². The summed E-state index contributed by atoms with van der Waals surface area (Å²) in [6, 6.07) is 10.1. The number of benzene rings is 1. The minimum Gasteiger partial charge on any atom is -0.468 e. The number of carbonyl (C=O) groups excluding carboxylic acids is 1. The van der Waals surface area contributed by atoms with Crippen molar-refractivity contribution in [1.29, 1.82) is 0 Å². The van der Waals surface area contributed by atoms with Crippen molar-refractivity contribution in [2.45, 2.75) is 56.2 Å². The molecule has 1 aromatic rings. The third-order valence-electron chi connectivity index (χ3n) is 4.71. The first-order valence-electron chi connectivity index (χ1n) is 8.49. The van der Waals surface area contributed by atoms with E-state index in [0.29, 0.717) is 19.1 Å². The second-order valence-electron chi connectivity index (χ2n) is 6.61. The summed E-state index contributed by atoms with van der Waals surface area (Å²) < 4.78 is 16.1. The molecular formula is C19H27BrO4. The van der Waals surface area contributed by atoms with Crippen molar-refractivity contribution in [3.05, 3.63) is 35.9 Å². The highest BCUT2D eigenvalue weighted by Crippen LogP contribution is 2.36. The van der Waals surface area contributed by atoms with Crippen LogP contribution in [0, 0.1) is 5.92 Å². The van der Waals surface area contributed by atoms with E-state index in [1.54, 1.807) is 0 Å². The van der Waals surface area contributed by atoms with Crippen molar-refractivity contribution in [2.24, 2.45) is 5.92 Å². The fourth-order valence-corrected chi connectivity index (χ4v) is 3.56. The largest absolute Gasteiger partial charge is 0.468 e. The van der Waals surface area contributed by atoms with Crippen LogP contribution >= 0.6 is 15.9 Å². The number of methoxy groups -OCH3 is 1. The lowest BCUT2D eigenvalue weighted by Gasteiger charge is -2.40. The number of alkyl halides is 1. The molecule has 0 aromatic heterocycles. The Kier molecular flexibility index (Phi) is 7.26. The number of rotatable bonds is 7. The summed E-state index contributed by atoms with van der Waals surface area (Å²) in [5.74, 6) is 0.170. The van der Waals surface area contributed by atoms with Crippen LogP contribution in [0.3, 0.4) is 0 Å². The molecule has 1 aromatic carbocycles. The monoisotopic (exact) mass is 398 g/mol. The van der Waals surface area contributed by atoms with Crippen LogP contribution in [-0.2, 0) is 25.6 Å². The maximum atomic E-state index is 12.0. The van der Waals surface area contributed by atoms with E-state index >= 15 is 0 Å². The average molecular weight is 399 g/mol. The van der Waals surface area contributed by atoms with Gasteiger partial charge >= 0.3 is 5.97 Å². The van der Waals surface area contributed by atoms with Gasteiger partial charge in [-0.05, 0) is 37.7 Å². The van der Waals surface area contributed by atoms with E-state index in [-0.39, 0.29) is 18.2 Å². The quantitative estimate of drug-likeness (QED) is 0.393. The van der Waals surface area contributed by atoms with Gasteiger partial charge in [0.05, 0.1) is 25.9 Å². The van der Waals surface area contributed by atoms with E-state index in [2.05, 4.69) is 35.0 Å². The first-order chi connectivity index (χ1) is 11.4. The molecule has 24 heavy (non-hydrogen) atoms. The van der Waals surface area contributed by atoms with Crippen LogP contribution in [0.4, 0.5) is 0 Å². The topological polar surface area (TPSA) is 44.8 Å². The zero-order valence-electron chi connectivity index (χ0n) is 14.7. The number of ether oxygens (including phenoxy) is 3. The molecule has 1 fully saturated rings. The van der Waals surface area contributed by atoms with Crippen molar-refractivity contribution in [3.8, 4) is 0 Å². The van der Waals surface area contributed by atoms with Gasteiger partial charge in [0.25, 0.3) is 0 Å². The Labute approximate surface area is 153 Å². The predicted molar refractivity (Wildman–Crippen MR) is 97.1 cm³/mol. The van der Waals surface area contributed by atoms with Crippen molar-refractivity contribution in [1.82, 2.24) is 0 Å². The Morgan fingerprint density at radius 2 is 2.04 bits per heavy atom. The normalized spacial score (nSPS) is 26.6. The molecule has 0 N–H and O–H groups in total. The summed E-state index contributed by atoms with van der Waals surface area (Å²) in [7, 11) is 1.40. The number of esters is 1. The lowest BCUT2D eigenvalue weighted by Crippen LogP contribution is -2.49. The first kappa shape index (κ1) is 19.4. The van der Waals surface area contributed by atoms with Crippen LogP contribution in [0.25, 0.3) is 0 Å². The van der Waals surface area contributed by atoms with Gasteiger partial charge < -0.3 is 14.2 Å². The minimum atomic E-state index is -0.801. The first-order valence-corrected chi connectivity index (χ1v) is 9.29. The molecule has 134 valence electrons. The van der Waals surface area contributed by atoms with Gasteiger partial charge in [0, 0.05) is 6.61 Å². The molecule has 4 nitrogen and oxygen atoms in total. The Morgan fingerprint density at radius 1 is 1.33 bits per heavy atom. The van der Waals surface area contributed by atoms with Gasteiger partial charge in [-0.3, -0.25) is 4.79 Å². The average Bonchev–Trinajstić information content (AvgIpc) is 2.60. The van der Waals surface area contributed by atoms with Crippen LogP contribution in [-0.4, -0.2) is 36.2 Å². The molecular weight excluding hydrogens is 372 g/mol. The smallest absolute Gasteiger partial charge is 0.325 e. The van der Waals surface area contributed by atoms with Gasteiger partial charge in [0.15, 0.2) is 0 Å². The Hall–Kier alpha value is -0.910. The number of halogens is 1. The molecule has 4 atom stereocenters. The van der Waals surface area contributed by atoms with Crippen molar-refractivity contribution < 1.29 is 19.0 Å². The molecule has 0 aliphatic carbocycles. The Bertz CT molecular complexity index is 517. The molecule has 1 unspecified atom stereocenters. The van der Waals surface area contributed by atoms with Crippen LogP contribution in [0.15, 0.2) is 30.3 Å². The summed E-state index contributed by atoms with van der Waals surface area (Å²) in [5, 5.41) is 0. The molecule has 0 spiro atoms. The molecule has 2 rings (SSSR count). The van der Waals surface area contributed by atoms with Gasteiger partial charge in [-0.25, -0.2) is 0 Å². The van der Waals surface area contributed by atoms with Gasteiger partial charge in [-0.1, -0.05) is 53.2 Å². The fraction of sp³-hybridized carbons (Fsp3) is 0.632. The summed E-state index contributed by atoms with van der Waals surface area (Å²) in [6.07, 6.45) is 2.63. The van der Waals surface area contributed by atoms with E-state index in [1.807, 2.05) is 25.1 Å². The van der Waals surface area contributed by atoms with Crippen molar-refractivity contribution in [2.75, 3.05) is 13.7 Å². The van der Waals surface area contributed by atoms with Crippen LogP contribution < -0.4 is 0 Å². The number of hydrogen-bond donors (Lipinski definition) is 0. The van der Waals surface area contributed by atoms with Crippen LogP contribution in [0.5, 0.6) is 0 Å². The van der Waals surface area contributed by atoms with Gasteiger partial charge in [-0.15, -0.1) is 0 Å². The SMILES string of the molecule is COC(=O)C(C)(Br)[C@@H]1CC[C@@H](C)[C@@H](CCOCc2ccccc2)O1. The number of carbonyl (C=O) groups is 1. The summed E-state index contributed by atoms with van der Waals surface area (Å²) in [4.78, 5) is 12.0. The highest BCUT2D eigenvalue weighted by Gasteiger charge is 2.44. The third-order valence-corrected chi connectivity index (χ3v) is 5.54. The van der Waals surface area contributed by atoms with Crippen LogP contribution in [0.1, 0.15) is 38.7 Å². The summed E-state index contributed by atoms with van der Waals surface area (Å²) in [5.41, 5.74) is 1.17. The fourth-order valence-electron chi connectivity index (χ4n) is 3.06. The minimum absolute atomic E-state index is 0.0982. The standard InChI is InChI=1S/C19H27BrO4/c1-14-9-10-17(19(2,20)18(21)22-3)24-16(14)11-12-23-13-15-7-5-4-6-8-15/h4-8,14,16-17H,9-13H2,1-3H3/t14-,16-,17+,19?/m1/s1. The Balaban J connectivity index is 1.82. The molecule has 5 heteroatoms. The summed E-state index contributed by atoms with van der Waals surface area (Å²) >= 11 is 3.50. The second-order valence-corrected chi connectivity index (χ2v) is 8.26. The van der Waals surface area contributed by atoms with Gasteiger partial charge in [-0.2, -0.15) is 0 Å².